The minimum absolute atomic E-state index is 0.217. The maximum absolute atomic E-state index is 13.3. The van der Waals surface area contributed by atoms with Gasteiger partial charge in [0.05, 0.1) is 0 Å². The molecule has 0 unspecified atom stereocenters. The van der Waals surface area contributed by atoms with Crippen LogP contribution in [0.3, 0.4) is 0 Å². The van der Waals surface area contributed by atoms with Crippen molar-refractivity contribution in [3.63, 3.8) is 0 Å². The van der Waals surface area contributed by atoms with Gasteiger partial charge in [-0.2, -0.15) is 0 Å². The van der Waals surface area contributed by atoms with E-state index in [0.29, 0.717) is 6.54 Å². The maximum Gasteiger partial charge on any atom is 0.124 e. The van der Waals surface area contributed by atoms with E-state index in [2.05, 4.69) is 20.8 Å². The molecular weight excluding hydrogens is 307 g/mol. The molecule has 0 radical (unpaired) electrons. The lowest BCUT2D eigenvalue weighted by Gasteiger charge is -2.17. The highest BCUT2D eigenvalue weighted by Crippen LogP contribution is 2.17. The van der Waals surface area contributed by atoms with E-state index in [4.69, 9.17) is 5.73 Å². The first-order chi connectivity index (χ1) is 9.02. The molecule has 0 fully saturated rings. The molecule has 0 aliphatic rings. The first-order valence-electron chi connectivity index (χ1n) is 6.01. The van der Waals surface area contributed by atoms with Gasteiger partial charge in [0, 0.05) is 23.2 Å². The lowest BCUT2D eigenvalue weighted by Crippen LogP contribution is -2.17. The standard InChI is InChI=1S/C15H16BrFN2/c1-19(9-11-2-4-15(18)5-3-11)10-12-6-13(16)8-14(17)7-12/h2-8H,9-10,18H2,1H3. The molecule has 0 aliphatic carbocycles. The van der Waals surface area contributed by atoms with E-state index < -0.39 is 0 Å². The van der Waals surface area contributed by atoms with Crippen LogP contribution in [0.4, 0.5) is 10.1 Å². The molecule has 0 bridgehead atoms. The molecule has 2 nitrogen and oxygen atoms in total. The summed E-state index contributed by atoms with van der Waals surface area (Å²) in [7, 11) is 2.01. The van der Waals surface area contributed by atoms with Crippen molar-refractivity contribution in [2.24, 2.45) is 0 Å². The average Bonchev–Trinajstić information content (AvgIpc) is 2.30. The van der Waals surface area contributed by atoms with Crippen molar-refractivity contribution >= 4 is 21.6 Å². The fraction of sp³-hybridized carbons (Fsp3) is 0.200. The molecule has 2 rings (SSSR count). The third-order valence-corrected chi connectivity index (χ3v) is 3.26. The number of halogens is 2. The molecule has 0 atom stereocenters. The Morgan fingerprint density at radius 3 is 2.32 bits per heavy atom. The van der Waals surface area contributed by atoms with E-state index in [0.717, 1.165) is 22.3 Å². The molecule has 19 heavy (non-hydrogen) atoms. The summed E-state index contributed by atoms with van der Waals surface area (Å²) in [5, 5.41) is 0. The Morgan fingerprint density at radius 2 is 1.68 bits per heavy atom. The number of hydrogen-bond acceptors (Lipinski definition) is 2. The van der Waals surface area contributed by atoms with Gasteiger partial charge in [0.25, 0.3) is 0 Å². The normalized spacial score (nSPS) is 10.9. The lowest BCUT2D eigenvalue weighted by molar-refractivity contribution is 0.318. The number of nitrogen functional groups attached to an aromatic ring is 1. The van der Waals surface area contributed by atoms with Crippen LogP contribution >= 0.6 is 15.9 Å². The van der Waals surface area contributed by atoms with Crippen LogP contribution in [0.1, 0.15) is 11.1 Å². The average molecular weight is 323 g/mol. The monoisotopic (exact) mass is 322 g/mol. The molecular formula is C15H16BrFN2. The van der Waals surface area contributed by atoms with Crippen LogP contribution in [0, 0.1) is 5.82 Å². The Morgan fingerprint density at radius 1 is 1.05 bits per heavy atom. The number of hydrogen-bond donors (Lipinski definition) is 1. The quantitative estimate of drug-likeness (QED) is 0.867. The van der Waals surface area contributed by atoms with E-state index >= 15 is 0 Å². The van der Waals surface area contributed by atoms with Gasteiger partial charge in [0.15, 0.2) is 0 Å². The highest BCUT2D eigenvalue weighted by atomic mass is 79.9. The van der Waals surface area contributed by atoms with Gasteiger partial charge in [0.1, 0.15) is 5.82 Å². The minimum Gasteiger partial charge on any atom is -0.399 e. The molecule has 4 heteroatoms. The van der Waals surface area contributed by atoms with E-state index in [-0.39, 0.29) is 5.82 Å². The van der Waals surface area contributed by atoms with Crippen LogP contribution in [-0.2, 0) is 13.1 Å². The second-order valence-corrected chi connectivity index (χ2v) is 5.61. The molecule has 0 aliphatic heterocycles. The van der Waals surface area contributed by atoms with Gasteiger partial charge < -0.3 is 5.73 Å². The van der Waals surface area contributed by atoms with Gasteiger partial charge in [-0.15, -0.1) is 0 Å². The van der Waals surface area contributed by atoms with Gasteiger partial charge >= 0.3 is 0 Å². The lowest BCUT2D eigenvalue weighted by atomic mass is 10.1. The summed E-state index contributed by atoms with van der Waals surface area (Å²) < 4.78 is 14.1. The highest BCUT2D eigenvalue weighted by molar-refractivity contribution is 9.10. The van der Waals surface area contributed by atoms with E-state index in [1.54, 1.807) is 6.07 Å². The third-order valence-electron chi connectivity index (χ3n) is 2.81. The van der Waals surface area contributed by atoms with Crippen molar-refractivity contribution in [2.45, 2.75) is 13.1 Å². The van der Waals surface area contributed by atoms with Crippen molar-refractivity contribution in [2.75, 3.05) is 12.8 Å². The molecule has 2 aromatic rings. The van der Waals surface area contributed by atoms with Crippen molar-refractivity contribution in [1.29, 1.82) is 0 Å². The first kappa shape index (κ1) is 14.0. The summed E-state index contributed by atoms with van der Waals surface area (Å²) in [6.07, 6.45) is 0. The Balaban J connectivity index is 2.00. The second kappa shape index (κ2) is 6.17. The van der Waals surface area contributed by atoms with Crippen LogP contribution in [0.2, 0.25) is 0 Å². The SMILES string of the molecule is CN(Cc1ccc(N)cc1)Cc1cc(F)cc(Br)c1. The third kappa shape index (κ3) is 4.33. The van der Waals surface area contributed by atoms with Crippen molar-refractivity contribution in [3.8, 4) is 0 Å². The maximum atomic E-state index is 13.3. The first-order valence-corrected chi connectivity index (χ1v) is 6.80. The zero-order chi connectivity index (χ0) is 13.8. The van der Waals surface area contributed by atoms with Gasteiger partial charge in [0.2, 0.25) is 0 Å². The minimum atomic E-state index is -0.217. The summed E-state index contributed by atoms with van der Waals surface area (Å²) in [6, 6.07) is 12.8. The van der Waals surface area contributed by atoms with Gasteiger partial charge in [-0.3, -0.25) is 4.90 Å². The van der Waals surface area contributed by atoms with E-state index in [1.807, 2.05) is 37.4 Å². The Hall–Kier alpha value is -1.39. The van der Waals surface area contributed by atoms with Crippen LogP contribution in [0.5, 0.6) is 0 Å². The number of nitrogens with zero attached hydrogens (tertiary/aromatic N) is 1. The van der Waals surface area contributed by atoms with Gasteiger partial charge in [-0.05, 0) is 48.5 Å². The molecule has 0 spiro atoms. The predicted octanol–water partition coefficient (Wildman–Crippen LogP) is 3.80. The largest absolute Gasteiger partial charge is 0.399 e. The Kier molecular flexibility index (Phi) is 4.56. The molecule has 0 aromatic heterocycles. The molecule has 0 heterocycles. The zero-order valence-corrected chi connectivity index (χ0v) is 12.3. The summed E-state index contributed by atoms with van der Waals surface area (Å²) >= 11 is 3.31. The zero-order valence-electron chi connectivity index (χ0n) is 10.7. The Bertz CT molecular complexity index is 534. The van der Waals surface area contributed by atoms with Crippen molar-refractivity contribution in [1.82, 2.24) is 4.90 Å². The number of anilines is 1. The van der Waals surface area contributed by atoms with E-state index in [9.17, 15) is 4.39 Å². The molecule has 2 aromatic carbocycles. The van der Waals surface area contributed by atoms with Crippen molar-refractivity contribution in [3.05, 3.63) is 63.9 Å². The smallest absolute Gasteiger partial charge is 0.124 e. The van der Waals surface area contributed by atoms with Gasteiger partial charge in [-0.25, -0.2) is 4.39 Å². The Labute approximate surface area is 121 Å². The van der Waals surface area contributed by atoms with Crippen LogP contribution in [0.25, 0.3) is 0 Å². The fourth-order valence-electron chi connectivity index (χ4n) is 2.00. The van der Waals surface area contributed by atoms with Crippen LogP contribution < -0.4 is 5.73 Å². The summed E-state index contributed by atoms with van der Waals surface area (Å²) in [5.41, 5.74) is 8.55. The fourth-order valence-corrected chi connectivity index (χ4v) is 2.52. The predicted molar refractivity (Wildman–Crippen MR) is 80.1 cm³/mol. The second-order valence-electron chi connectivity index (χ2n) is 4.69. The van der Waals surface area contributed by atoms with Gasteiger partial charge in [-0.1, -0.05) is 28.1 Å². The summed E-state index contributed by atoms with van der Waals surface area (Å²) in [5.74, 6) is -0.217. The molecule has 0 saturated heterocycles. The number of rotatable bonds is 4. The molecule has 0 amide bonds. The summed E-state index contributed by atoms with van der Waals surface area (Å²) in [4.78, 5) is 2.13. The topological polar surface area (TPSA) is 29.3 Å². The highest BCUT2D eigenvalue weighted by Gasteiger charge is 2.04. The van der Waals surface area contributed by atoms with Crippen molar-refractivity contribution < 1.29 is 4.39 Å². The van der Waals surface area contributed by atoms with Crippen LogP contribution in [-0.4, -0.2) is 11.9 Å². The molecule has 100 valence electrons. The molecule has 2 N–H and O–H groups in total. The number of nitrogens with two attached hydrogens (primary N) is 1. The van der Waals surface area contributed by atoms with Crippen LogP contribution in [0.15, 0.2) is 46.9 Å². The van der Waals surface area contributed by atoms with E-state index in [1.165, 1.54) is 11.6 Å². The number of benzene rings is 2. The summed E-state index contributed by atoms with van der Waals surface area (Å²) in [6.45, 7) is 1.50. The molecule has 0 saturated carbocycles.